The molecule has 0 aliphatic heterocycles. The number of rotatable bonds is 13. The Morgan fingerprint density at radius 1 is 0.702 bits per heavy atom. The van der Waals surface area contributed by atoms with Crippen LogP contribution >= 0.6 is 11.6 Å². The third-order valence-corrected chi connectivity index (χ3v) is 8.44. The second kappa shape index (κ2) is 15.4. The largest absolute Gasteiger partial charge is 0.488 e. The second-order valence-corrected chi connectivity index (χ2v) is 12.8. The Hall–Kier alpha value is -4.43. The molecule has 0 saturated heterocycles. The lowest BCUT2D eigenvalue weighted by molar-refractivity contribution is 0.283. The average molecular weight is 650 g/mol. The van der Waals surface area contributed by atoms with E-state index >= 15 is 0 Å². The fourth-order valence-corrected chi connectivity index (χ4v) is 5.92. The molecule has 0 atom stereocenters. The van der Waals surface area contributed by atoms with Crippen molar-refractivity contribution in [2.45, 2.75) is 40.2 Å². The Kier molecular flexibility index (Phi) is 11.1. The van der Waals surface area contributed by atoms with Crippen LogP contribution in [0, 0.1) is 13.8 Å². The van der Waals surface area contributed by atoms with Gasteiger partial charge in [-0.3, -0.25) is 9.97 Å². The van der Waals surface area contributed by atoms with Crippen LogP contribution in [0.1, 0.15) is 33.5 Å². The van der Waals surface area contributed by atoms with Gasteiger partial charge in [-0.25, -0.2) is 0 Å². The molecule has 7 nitrogen and oxygen atoms in total. The zero-order valence-electron chi connectivity index (χ0n) is 28.4. The van der Waals surface area contributed by atoms with Gasteiger partial charge in [-0.2, -0.15) is 0 Å². The molecule has 2 heterocycles. The maximum Gasteiger partial charge on any atom is 0.142 e. The van der Waals surface area contributed by atoms with E-state index in [2.05, 4.69) is 96.6 Å². The number of anilines is 1. The van der Waals surface area contributed by atoms with Gasteiger partial charge in [0, 0.05) is 61.5 Å². The molecule has 0 aliphatic rings. The third-order valence-electron chi connectivity index (χ3n) is 8.15. The molecule has 2 aromatic heterocycles. The van der Waals surface area contributed by atoms with Crippen molar-refractivity contribution in [3.05, 3.63) is 124 Å². The van der Waals surface area contributed by atoms with Crippen LogP contribution in [-0.2, 0) is 26.3 Å². The molecule has 0 radical (unpaired) electrons. The van der Waals surface area contributed by atoms with Gasteiger partial charge in [-0.1, -0.05) is 54.1 Å². The Balaban J connectivity index is 1.38. The Morgan fingerprint density at radius 2 is 1.40 bits per heavy atom. The van der Waals surface area contributed by atoms with Crippen molar-refractivity contribution in [1.29, 1.82) is 0 Å². The number of nitrogens with one attached hydrogen (secondary N) is 1. The Bertz CT molecular complexity index is 1820. The van der Waals surface area contributed by atoms with Crippen LogP contribution in [0.2, 0.25) is 5.02 Å². The number of benzene rings is 3. The van der Waals surface area contributed by atoms with E-state index in [1.54, 1.807) is 6.20 Å². The quantitative estimate of drug-likeness (QED) is 0.137. The third kappa shape index (κ3) is 8.49. The summed E-state index contributed by atoms with van der Waals surface area (Å²) < 4.78 is 12.7. The van der Waals surface area contributed by atoms with Crippen LogP contribution in [-0.4, -0.2) is 55.0 Å². The fourth-order valence-electron chi connectivity index (χ4n) is 5.68. The van der Waals surface area contributed by atoms with Gasteiger partial charge in [-0.05, 0) is 93.6 Å². The first kappa shape index (κ1) is 33.9. The first-order chi connectivity index (χ1) is 22.6. The predicted molar refractivity (Wildman–Crippen MR) is 193 cm³/mol. The molecule has 47 heavy (non-hydrogen) atoms. The standard InChI is InChI=1S/C39H44ClN5O2/c1-26-30(10-8-12-35(26)36-13-9-11-34(27(36)2)29-14-15-32(43-20-29)23-45(6)7)25-47-39-18-38(31(17-37(39)40)22-44(4)5)46-24-28-16-33(41-3)21-42-19-28/h8-21,41H,22-25H2,1-7H3. The summed E-state index contributed by atoms with van der Waals surface area (Å²) in [4.78, 5) is 13.2. The summed E-state index contributed by atoms with van der Waals surface area (Å²) in [5.74, 6) is 1.31. The van der Waals surface area contributed by atoms with E-state index in [1.165, 1.54) is 27.8 Å². The molecular weight excluding hydrogens is 606 g/mol. The number of halogens is 1. The van der Waals surface area contributed by atoms with Crippen LogP contribution in [0.5, 0.6) is 11.5 Å². The average Bonchev–Trinajstić information content (AvgIpc) is 3.05. The van der Waals surface area contributed by atoms with Crippen molar-refractivity contribution >= 4 is 17.3 Å². The van der Waals surface area contributed by atoms with Crippen LogP contribution in [0.25, 0.3) is 22.3 Å². The van der Waals surface area contributed by atoms with E-state index in [1.807, 2.05) is 51.7 Å². The van der Waals surface area contributed by atoms with Gasteiger partial charge in [0.25, 0.3) is 0 Å². The highest BCUT2D eigenvalue weighted by molar-refractivity contribution is 6.32. The van der Waals surface area contributed by atoms with Gasteiger partial charge in [0.1, 0.15) is 24.7 Å². The fraction of sp³-hybridized carbons (Fsp3) is 0.282. The number of aromatic nitrogens is 2. The van der Waals surface area contributed by atoms with Crippen molar-refractivity contribution in [2.24, 2.45) is 0 Å². The molecular formula is C39H44ClN5O2. The number of ether oxygens (including phenoxy) is 2. The molecule has 0 amide bonds. The van der Waals surface area contributed by atoms with Crippen molar-refractivity contribution in [1.82, 2.24) is 19.8 Å². The van der Waals surface area contributed by atoms with E-state index in [0.29, 0.717) is 30.5 Å². The summed E-state index contributed by atoms with van der Waals surface area (Å²) in [5.41, 5.74) is 12.1. The normalized spacial score (nSPS) is 11.3. The lowest BCUT2D eigenvalue weighted by Crippen LogP contribution is -2.12. The Labute approximate surface area is 284 Å². The minimum Gasteiger partial charge on any atom is -0.488 e. The summed E-state index contributed by atoms with van der Waals surface area (Å²) in [6.07, 6.45) is 5.57. The molecule has 0 unspecified atom stereocenters. The van der Waals surface area contributed by atoms with E-state index in [0.717, 1.165) is 45.9 Å². The molecule has 8 heteroatoms. The van der Waals surface area contributed by atoms with Crippen LogP contribution in [0.3, 0.4) is 0 Å². The molecule has 0 spiro atoms. The van der Waals surface area contributed by atoms with Crippen molar-refractivity contribution < 1.29 is 9.47 Å². The topological polar surface area (TPSA) is 62.8 Å². The van der Waals surface area contributed by atoms with Crippen molar-refractivity contribution in [3.63, 3.8) is 0 Å². The first-order valence-electron chi connectivity index (χ1n) is 15.8. The van der Waals surface area contributed by atoms with E-state index in [-0.39, 0.29) is 0 Å². The number of hydrogen-bond acceptors (Lipinski definition) is 7. The molecule has 0 bridgehead atoms. The summed E-state index contributed by atoms with van der Waals surface area (Å²) in [6, 6.07) is 23.0. The van der Waals surface area contributed by atoms with Crippen LogP contribution in [0.15, 0.2) is 85.3 Å². The van der Waals surface area contributed by atoms with Crippen LogP contribution in [0.4, 0.5) is 5.69 Å². The number of hydrogen-bond donors (Lipinski definition) is 1. The zero-order valence-corrected chi connectivity index (χ0v) is 29.2. The number of nitrogens with zero attached hydrogens (tertiary/aromatic N) is 4. The van der Waals surface area contributed by atoms with Gasteiger partial charge in [0.15, 0.2) is 0 Å². The molecule has 3 aromatic carbocycles. The van der Waals surface area contributed by atoms with Crippen molar-refractivity contribution in [3.8, 4) is 33.8 Å². The molecule has 0 fully saturated rings. The summed E-state index contributed by atoms with van der Waals surface area (Å²) in [5, 5.41) is 3.68. The first-order valence-corrected chi connectivity index (χ1v) is 16.1. The minimum atomic E-state index is 0.371. The zero-order chi connectivity index (χ0) is 33.5. The minimum absolute atomic E-state index is 0.371. The summed E-state index contributed by atoms with van der Waals surface area (Å²) in [6.45, 7) is 6.58. The van der Waals surface area contributed by atoms with E-state index in [4.69, 9.17) is 26.1 Å². The van der Waals surface area contributed by atoms with Gasteiger partial charge >= 0.3 is 0 Å². The van der Waals surface area contributed by atoms with Gasteiger partial charge in [0.2, 0.25) is 0 Å². The molecule has 5 rings (SSSR count). The smallest absolute Gasteiger partial charge is 0.142 e. The second-order valence-electron chi connectivity index (χ2n) is 12.4. The maximum absolute atomic E-state index is 6.78. The monoisotopic (exact) mass is 649 g/mol. The molecule has 244 valence electrons. The van der Waals surface area contributed by atoms with Gasteiger partial charge in [-0.15, -0.1) is 0 Å². The predicted octanol–water partition coefficient (Wildman–Crippen LogP) is 8.40. The lowest BCUT2D eigenvalue weighted by Gasteiger charge is -2.19. The Morgan fingerprint density at radius 3 is 2.11 bits per heavy atom. The highest BCUT2D eigenvalue weighted by Crippen LogP contribution is 2.37. The van der Waals surface area contributed by atoms with Crippen LogP contribution < -0.4 is 14.8 Å². The number of pyridine rings is 2. The van der Waals surface area contributed by atoms with Gasteiger partial charge < -0.3 is 24.6 Å². The highest BCUT2D eigenvalue weighted by atomic mass is 35.5. The highest BCUT2D eigenvalue weighted by Gasteiger charge is 2.16. The summed E-state index contributed by atoms with van der Waals surface area (Å²) >= 11 is 6.78. The van der Waals surface area contributed by atoms with Crippen molar-refractivity contribution in [2.75, 3.05) is 40.6 Å². The maximum atomic E-state index is 6.78. The lowest BCUT2D eigenvalue weighted by atomic mass is 9.90. The molecule has 1 N–H and O–H groups in total. The van der Waals surface area contributed by atoms with E-state index in [9.17, 15) is 0 Å². The summed E-state index contributed by atoms with van der Waals surface area (Å²) in [7, 11) is 10.0. The molecule has 0 saturated carbocycles. The molecule has 5 aromatic rings. The SMILES string of the molecule is CNc1cncc(COc2cc(OCc3cccc(-c4cccc(-c5ccc(CN(C)C)nc5)c4C)c3C)c(Cl)cc2CN(C)C)c1. The molecule has 0 aliphatic carbocycles. The van der Waals surface area contributed by atoms with E-state index < -0.39 is 0 Å². The van der Waals surface area contributed by atoms with Gasteiger partial charge in [0.05, 0.1) is 16.4 Å².